The van der Waals surface area contributed by atoms with Crippen LogP contribution in [-0.4, -0.2) is 39.9 Å². The summed E-state index contributed by atoms with van der Waals surface area (Å²) in [6.45, 7) is 13.8. The third-order valence-electron chi connectivity index (χ3n) is 25.2. The van der Waals surface area contributed by atoms with E-state index in [1.165, 1.54) is 88.3 Å². The summed E-state index contributed by atoms with van der Waals surface area (Å²) in [5.74, 6) is 3.29. The number of nitrogens with zero attached hydrogens (tertiary/aromatic N) is 8. The fraction of sp³-hybridized carbons (Fsp3) is 0.0826. The number of rotatable bonds is 7. The maximum Gasteiger partial charge on any atom is 0.182 e. The summed E-state index contributed by atoms with van der Waals surface area (Å²) in [6.07, 6.45) is 3.76. The van der Waals surface area contributed by atoms with E-state index in [4.69, 9.17) is 48.1 Å². The second-order valence-electron chi connectivity index (χ2n) is 33.3. The van der Waals surface area contributed by atoms with E-state index in [0.29, 0.717) is 23.2 Å². The van der Waals surface area contributed by atoms with Crippen LogP contribution in [0.25, 0.3) is 211 Å². The fourth-order valence-electron chi connectivity index (χ4n) is 19.0. The Morgan fingerprint density at radius 1 is 0.200 bits per heavy atom. The van der Waals surface area contributed by atoms with E-state index < -0.39 is 0 Å². The van der Waals surface area contributed by atoms with Gasteiger partial charge in [0.2, 0.25) is 0 Å². The van der Waals surface area contributed by atoms with E-state index in [0.717, 1.165) is 133 Å². The van der Waals surface area contributed by atoms with Crippen molar-refractivity contribution in [1.82, 2.24) is 39.9 Å². The fourth-order valence-corrected chi connectivity index (χ4v) is 19.0. The standard InChI is InChI=1S/C37H24N2O.C37H26N2O.C35H24N4O/c1-37(2)31-17-21(15-16-25(31)28-18-29-26-12-7-8-14-33(26)40-34(29)19-32(28)37)36-38-20-30-24-11-4-3-9-22(24)23-10-5-6-13-27(23)35(30)39-36;1-37(2)30-18-17-25(19-27(30)28-20-29-26-15-9-10-16-34(26)40-35(29)21-31(28)37)36-38-32(23-11-5-3-6-12-23)22-33(39-36)24-13-7-4-8-14-24;1-35(2)27-18-22(15-16-23(27)25-19-26-24-12-6-7-14-30(24)40-31(26)20-28(25)35)33-37-32(21-10-4-3-5-11-21)38-34(39-33)29-13-8-9-17-36-29/h3-20H,1-2H3;3-22H,1-2H3;3-20H,1-2H3. The number of benzene rings is 15. The van der Waals surface area contributed by atoms with E-state index in [1.54, 1.807) is 6.20 Å². The molecule has 3 aliphatic rings. The molecule has 0 radical (unpaired) electrons. The van der Waals surface area contributed by atoms with Gasteiger partial charge in [-0.05, 0) is 174 Å². The molecule has 0 aliphatic heterocycles. The number of aromatic nitrogens is 8. The highest BCUT2D eigenvalue weighted by molar-refractivity contribution is 6.24. The zero-order valence-corrected chi connectivity index (χ0v) is 66.6. The van der Waals surface area contributed by atoms with Crippen molar-refractivity contribution in [1.29, 1.82) is 0 Å². The summed E-state index contributed by atoms with van der Waals surface area (Å²) in [7, 11) is 0. The molecule has 0 bridgehead atoms. The van der Waals surface area contributed by atoms with Gasteiger partial charge in [0, 0.05) is 105 Å². The van der Waals surface area contributed by atoms with Gasteiger partial charge in [-0.25, -0.2) is 34.9 Å². The summed E-state index contributed by atoms with van der Waals surface area (Å²) in [5, 5.41) is 12.8. The molecule has 3 aliphatic carbocycles. The van der Waals surface area contributed by atoms with Crippen LogP contribution in [-0.2, 0) is 16.2 Å². The van der Waals surface area contributed by atoms with Gasteiger partial charge in [-0.3, -0.25) is 4.98 Å². The predicted octanol–water partition coefficient (Wildman–Crippen LogP) is 28.0. The Kier molecular flexibility index (Phi) is 15.8. The maximum absolute atomic E-state index is 6.25. The van der Waals surface area contributed by atoms with E-state index in [2.05, 4.69) is 253 Å². The summed E-state index contributed by atoms with van der Waals surface area (Å²) < 4.78 is 18.7. The molecule has 0 saturated carbocycles. The highest BCUT2D eigenvalue weighted by atomic mass is 16.3. The van der Waals surface area contributed by atoms with Gasteiger partial charge in [0.1, 0.15) is 39.2 Å². The number of hydrogen-bond acceptors (Lipinski definition) is 11. The molecule has 0 amide bonds. The Morgan fingerprint density at radius 3 is 1.07 bits per heavy atom. The molecule has 0 unspecified atom stereocenters. The third-order valence-corrected chi connectivity index (χ3v) is 25.2. The lowest BCUT2D eigenvalue weighted by atomic mass is 9.81. The van der Waals surface area contributed by atoms with Crippen LogP contribution in [0.2, 0.25) is 0 Å². The molecule has 15 aromatic carbocycles. The molecule has 120 heavy (non-hydrogen) atoms. The van der Waals surface area contributed by atoms with E-state index in [1.807, 2.05) is 128 Å². The Hall–Kier alpha value is -15.2. The normalized spacial score (nSPS) is 13.6. The number of furan rings is 3. The Labute approximate surface area is 691 Å². The van der Waals surface area contributed by atoms with E-state index >= 15 is 0 Å². The topological polar surface area (TPSA) is 143 Å². The van der Waals surface area contributed by atoms with Crippen LogP contribution in [0.15, 0.2) is 353 Å². The summed E-state index contributed by atoms with van der Waals surface area (Å²) >= 11 is 0. The molecule has 0 fully saturated rings. The molecule has 7 aromatic heterocycles. The van der Waals surface area contributed by atoms with Crippen LogP contribution >= 0.6 is 0 Å². The molecule has 568 valence electrons. The van der Waals surface area contributed by atoms with E-state index in [-0.39, 0.29) is 16.2 Å². The smallest absolute Gasteiger partial charge is 0.182 e. The van der Waals surface area contributed by atoms with Gasteiger partial charge in [-0.15, -0.1) is 0 Å². The Balaban J connectivity index is 0.000000105. The average Bonchev–Trinajstić information content (AvgIpc) is 1.51. The van der Waals surface area contributed by atoms with Crippen molar-refractivity contribution in [3.63, 3.8) is 0 Å². The SMILES string of the molecule is CC1(C)c2cc(-c3nc(-c4ccccc4)nc(-c4ccccn4)n3)ccc2-c2cc3c(cc21)oc1ccccc13.CC1(C)c2cc(-c3ncc4c5ccccc5c5ccccc5c4n3)ccc2-c2cc3c(cc21)oc1ccccc13.CC1(C)c2ccc(-c3nc(-c4ccccc4)cc(-c4ccccc4)n3)cc2-c2cc3c(cc21)oc1ccccc13. The summed E-state index contributed by atoms with van der Waals surface area (Å²) in [5.41, 5.74) is 29.9. The number of para-hydroxylation sites is 3. The lowest BCUT2D eigenvalue weighted by Gasteiger charge is -2.21. The molecule has 22 aromatic rings. The van der Waals surface area contributed by atoms with E-state index in [9.17, 15) is 0 Å². The second kappa shape index (κ2) is 26.9. The molecule has 11 nitrogen and oxygen atoms in total. The van der Waals surface area contributed by atoms with Crippen molar-refractivity contribution in [2.24, 2.45) is 0 Å². The third kappa shape index (κ3) is 11.2. The molecular formula is C109H74N8O3. The average molecular weight is 1540 g/mol. The maximum atomic E-state index is 6.25. The summed E-state index contributed by atoms with van der Waals surface area (Å²) in [4.78, 5) is 39.4. The second-order valence-corrected chi connectivity index (χ2v) is 33.3. The quantitative estimate of drug-likeness (QED) is 0.141. The minimum atomic E-state index is -0.215. The molecule has 0 atom stereocenters. The van der Waals surface area contributed by atoms with Crippen molar-refractivity contribution in [3.05, 3.63) is 373 Å². The van der Waals surface area contributed by atoms with Crippen LogP contribution in [0.5, 0.6) is 0 Å². The van der Waals surface area contributed by atoms with Gasteiger partial charge in [-0.1, -0.05) is 278 Å². The van der Waals surface area contributed by atoms with Crippen LogP contribution in [0.3, 0.4) is 0 Å². The van der Waals surface area contributed by atoms with Crippen molar-refractivity contribution in [2.75, 3.05) is 0 Å². The monoisotopic (exact) mass is 1540 g/mol. The van der Waals surface area contributed by atoms with Gasteiger partial charge in [0.05, 0.1) is 16.9 Å². The minimum absolute atomic E-state index is 0.141. The molecule has 11 heteroatoms. The highest BCUT2D eigenvalue weighted by Crippen LogP contribution is 2.56. The number of pyridine rings is 1. The lowest BCUT2D eigenvalue weighted by Crippen LogP contribution is -2.15. The summed E-state index contributed by atoms with van der Waals surface area (Å²) in [6, 6.07) is 114. The molecule has 7 heterocycles. The first-order valence-electron chi connectivity index (χ1n) is 40.8. The minimum Gasteiger partial charge on any atom is -0.456 e. The van der Waals surface area contributed by atoms with Crippen LogP contribution < -0.4 is 0 Å². The number of fused-ring (bicyclic) bond motifs is 24. The first-order chi connectivity index (χ1) is 58.7. The Morgan fingerprint density at radius 2 is 0.567 bits per heavy atom. The van der Waals surface area contributed by atoms with Crippen molar-refractivity contribution < 1.29 is 13.3 Å². The first-order valence-corrected chi connectivity index (χ1v) is 40.8. The van der Waals surface area contributed by atoms with Crippen LogP contribution in [0.4, 0.5) is 0 Å². The van der Waals surface area contributed by atoms with Gasteiger partial charge in [-0.2, -0.15) is 0 Å². The van der Waals surface area contributed by atoms with Gasteiger partial charge in [0.15, 0.2) is 29.1 Å². The first kappa shape index (κ1) is 70.2. The molecular weight excluding hydrogens is 1470 g/mol. The Bertz CT molecular complexity index is 7850. The van der Waals surface area contributed by atoms with Gasteiger partial charge < -0.3 is 13.3 Å². The number of hydrogen-bond donors (Lipinski definition) is 0. The van der Waals surface area contributed by atoms with Crippen molar-refractivity contribution in [2.45, 2.75) is 57.8 Å². The highest BCUT2D eigenvalue weighted by Gasteiger charge is 2.40. The zero-order chi connectivity index (χ0) is 80.3. The molecule has 0 N–H and O–H groups in total. The van der Waals surface area contributed by atoms with Crippen LogP contribution in [0, 0.1) is 0 Å². The molecule has 25 rings (SSSR count). The van der Waals surface area contributed by atoms with Gasteiger partial charge >= 0.3 is 0 Å². The zero-order valence-electron chi connectivity index (χ0n) is 66.6. The van der Waals surface area contributed by atoms with Crippen LogP contribution in [0.1, 0.15) is 74.9 Å². The largest absolute Gasteiger partial charge is 0.456 e. The van der Waals surface area contributed by atoms with Crippen molar-refractivity contribution >= 4 is 98.3 Å². The van der Waals surface area contributed by atoms with Gasteiger partial charge in [0.25, 0.3) is 0 Å². The molecule has 0 spiro atoms. The lowest BCUT2D eigenvalue weighted by molar-refractivity contribution is 0.647. The predicted molar refractivity (Wildman–Crippen MR) is 487 cm³/mol. The molecule has 0 saturated heterocycles. The van der Waals surface area contributed by atoms with Crippen molar-refractivity contribution in [3.8, 4) is 113 Å².